The van der Waals surface area contributed by atoms with Gasteiger partial charge in [0.1, 0.15) is 0 Å². The summed E-state index contributed by atoms with van der Waals surface area (Å²) in [7, 11) is 0. The Kier molecular flexibility index (Phi) is 5.22. The highest BCUT2D eigenvalue weighted by atomic mass is 15.2. The van der Waals surface area contributed by atoms with Gasteiger partial charge < -0.3 is 5.73 Å². The Labute approximate surface area is 124 Å². The van der Waals surface area contributed by atoms with Gasteiger partial charge in [-0.1, -0.05) is 51.1 Å². The second-order valence-electron chi connectivity index (χ2n) is 6.93. The van der Waals surface area contributed by atoms with Crippen LogP contribution in [0.3, 0.4) is 0 Å². The molecule has 1 heterocycles. The third kappa shape index (κ3) is 3.62. The lowest BCUT2D eigenvalue weighted by molar-refractivity contribution is 0.0633. The molecule has 5 atom stereocenters. The van der Waals surface area contributed by atoms with Gasteiger partial charge in [0.2, 0.25) is 0 Å². The highest BCUT2D eigenvalue weighted by Gasteiger charge is 2.30. The van der Waals surface area contributed by atoms with Crippen LogP contribution in [0.15, 0.2) is 30.3 Å². The number of likely N-dealkylation sites (tertiary alicyclic amines) is 1. The molecule has 0 aromatic heterocycles. The van der Waals surface area contributed by atoms with Crippen molar-refractivity contribution in [3.05, 3.63) is 35.9 Å². The van der Waals surface area contributed by atoms with Gasteiger partial charge in [-0.15, -0.1) is 0 Å². The highest BCUT2D eigenvalue weighted by Crippen LogP contribution is 2.29. The quantitative estimate of drug-likeness (QED) is 0.907. The second kappa shape index (κ2) is 6.73. The lowest BCUT2D eigenvalue weighted by atomic mass is 9.84. The van der Waals surface area contributed by atoms with Crippen LogP contribution >= 0.6 is 0 Å². The molecule has 0 amide bonds. The maximum atomic E-state index is 6.44. The number of rotatable bonds is 4. The monoisotopic (exact) mass is 274 g/mol. The minimum atomic E-state index is 0.135. The van der Waals surface area contributed by atoms with Crippen molar-refractivity contribution in [1.29, 1.82) is 0 Å². The molecule has 0 aliphatic carbocycles. The number of nitrogens with zero attached hydrogens (tertiary/aromatic N) is 1. The van der Waals surface area contributed by atoms with Crippen molar-refractivity contribution in [2.45, 2.75) is 46.2 Å². The van der Waals surface area contributed by atoms with E-state index < -0.39 is 0 Å². The number of piperidine rings is 1. The van der Waals surface area contributed by atoms with Crippen molar-refractivity contribution >= 4 is 0 Å². The molecule has 1 aliphatic rings. The topological polar surface area (TPSA) is 29.3 Å². The van der Waals surface area contributed by atoms with Crippen molar-refractivity contribution in [2.24, 2.45) is 23.5 Å². The normalized spacial score (nSPS) is 30.9. The molecule has 2 N–H and O–H groups in total. The molecular weight excluding hydrogens is 244 g/mol. The molecule has 5 unspecified atom stereocenters. The molecule has 112 valence electrons. The first-order chi connectivity index (χ1) is 9.49. The van der Waals surface area contributed by atoms with E-state index in [1.54, 1.807) is 0 Å². The Bertz CT molecular complexity index is 403. The van der Waals surface area contributed by atoms with Gasteiger partial charge in [-0.3, -0.25) is 4.90 Å². The van der Waals surface area contributed by atoms with E-state index in [1.807, 2.05) is 0 Å². The Morgan fingerprint density at radius 1 is 1.20 bits per heavy atom. The van der Waals surface area contributed by atoms with E-state index in [9.17, 15) is 0 Å². The van der Waals surface area contributed by atoms with Crippen LogP contribution in [0.5, 0.6) is 0 Å². The average molecular weight is 274 g/mol. The average Bonchev–Trinajstić information content (AvgIpc) is 2.44. The molecule has 1 aliphatic heterocycles. The van der Waals surface area contributed by atoms with Gasteiger partial charge in [-0.25, -0.2) is 0 Å². The van der Waals surface area contributed by atoms with Gasteiger partial charge in [0.25, 0.3) is 0 Å². The fourth-order valence-electron chi connectivity index (χ4n) is 3.56. The fourth-order valence-corrected chi connectivity index (χ4v) is 3.56. The molecular formula is C18H30N2. The smallest absolute Gasteiger partial charge is 0.0333 e. The van der Waals surface area contributed by atoms with Crippen LogP contribution in [-0.4, -0.2) is 24.0 Å². The van der Waals surface area contributed by atoms with Gasteiger partial charge in [-0.05, 0) is 36.7 Å². The van der Waals surface area contributed by atoms with Crippen LogP contribution in [0.25, 0.3) is 0 Å². The third-order valence-corrected chi connectivity index (χ3v) is 5.04. The van der Waals surface area contributed by atoms with E-state index in [1.165, 1.54) is 18.5 Å². The van der Waals surface area contributed by atoms with Crippen LogP contribution in [0.4, 0.5) is 0 Å². The molecule has 1 fully saturated rings. The molecule has 0 bridgehead atoms. The SMILES string of the molecule is CC1CC(C)C(C)N(CC(C)C(N)c2ccccc2)C1. The first-order valence-electron chi connectivity index (χ1n) is 8.03. The van der Waals surface area contributed by atoms with E-state index in [-0.39, 0.29) is 6.04 Å². The summed E-state index contributed by atoms with van der Waals surface area (Å²) in [6, 6.07) is 11.3. The van der Waals surface area contributed by atoms with E-state index in [0.29, 0.717) is 12.0 Å². The standard InChI is InChI=1S/C18H30N2/c1-13-10-14(2)16(4)20(11-13)12-15(3)18(19)17-8-6-5-7-9-17/h5-9,13-16,18H,10-12,19H2,1-4H3. The summed E-state index contributed by atoms with van der Waals surface area (Å²) >= 11 is 0. The lowest BCUT2D eigenvalue weighted by Gasteiger charge is -2.43. The predicted octanol–water partition coefficient (Wildman–Crippen LogP) is 3.69. The maximum absolute atomic E-state index is 6.44. The molecule has 1 saturated heterocycles. The van der Waals surface area contributed by atoms with Crippen molar-refractivity contribution < 1.29 is 0 Å². The van der Waals surface area contributed by atoms with E-state index in [0.717, 1.165) is 18.4 Å². The van der Waals surface area contributed by atoms with Crippen LogP contribution < -0.4 is 5.73 Å². The van der Waals surface area contributed by atoms with Crippen molar-refractivity contribution in [3.8, 4) is 0 Å². The third-order valence-electron chi connectivity index (χ3n) is 5.04. The fraction of sp³-hybridized carbons (Fsp3) is 0.667. The van der Waals surface area contributed by atoms with Crippen LogP contribution in [-0.2, 0) is 0 Å². The zero-order valence-electron chi connectivity index (χ0n) is 13.4. The first kappa shape index (κ1) is 15.5. The Hall–Kier alpha value is -0.860. The summed E-state index contributed by atoms with van der Waals surface area (Å²) in [6.07, 6.45) is 1.36. The number of nitrogens with two attached hydrogens (primary N) is 1. The number of hydrogen-bond acceptors (Lipinski definition) is 2. The van der Waals surface area contributed by atoms with Gasteiger partial charge in [0.15, 0.2) is 0 Å². The zero-order valence-corrected chi connectivity index (χ0v) is 13.4. The molecule has 0 saturated carbocycles. The summed E-state index contributed by atoms with van der Waals surface area (Å²) in [5, 5.41) is 0. The number of benzene rings is 1. The molecule has 2 nitrogen and oxygen atoms in total. The van der Waals surface area contributed by atoms with E-state index >= 15 is 0 Å². The second-order valence-corrected chi connectivity index (χ2v) is 6.93. The van der Waals surface area contributed by atoms with Gasteiger partial charge >= 0.3 is 0 Å². The number of hydrogen-bond donors (Lipinski definition) is 1. The molecule has 1 aromatic rings. The maximum Gasteiger partial charge on any atom is 0.0333 e. The van der Waals surface area contributed by atoms with Gasteiger partial charge in [0.05, 0.1) is 0 Å². The van der Waals surface area contributed by atoms with Crippen molar-refractivity contribution in [2.75, 3.05) is 13.1 Å². The molecule has 2 heteroatoms. The first-order valence-corrected chi connectivity index (χ1v) is 8.03. The summed E-state index contributed by atoms with van der Waals surface area (Å²) < 4.78 is 0. The molecule has 0 radical (unpaired) electrons. The molecule has 1 aromatic carbocycles. The van der Waals surface area contributed by atoms with Crippen LogP contribution in [0.1, 0.15) is 45.7 Å². The summed E-state index contributed by atoms with van der Waals surface area (Å²) in [5.41, 5.74) is 7.70. The zero-order chi connectivity index (χ0) is 14.7. The Morgan fingerprint density at radius 3 is 2.50 bits per heavy atom. The minimum absolute atomic E-state index is 0.135. The van der Waals surface area contributed by atoms with Gasteiger partial charge in [-0.2, -0.15) is 0 Å². The highest BCUT2D eigenvalue weighted by molar-refractivity contribution is 5.19. The lowest BCUT2D eigenvalue weighted by Crippen LogP contribution is -2.48. The Balaban J connectivity index is 1.98. The molecule has 0 spiro atoms. The summed E-state index contributed by atoms with van der Waals surface area (Å²) in [6.45, 7) is 11.7. The van der Waals surface area contributed by atoms with Crippen molar-refractivity contribution in [3.63, 3.8) is 0 Å². The van der Waals surface area contributed by atoms with Gasteiger partial charge in [0, 0.05) is 25.2 Å². The summed E-state index contributed by atoms with van der Waals surface area (Å²) in [5.74, 6) is 2.08. The minimum Gasteiger partial charge on any atom is -0.324 e. The summed E-state index contributed by atoms with van der Waals surface area (Å²) in [4.78, 5) is 2.65. The predicted molar refractivity (Wildman–Crippen MR) is 86.5 cm³/mol. The van der Waals surface area contributed by atoms with Crippen LogP contribution in [0, 0.1) is 17.8 Å². The Morgan fingerprint density at radius 2 is 1.85 bits per heavy atom. The van der Waals surface area contributed by atoms with Crippen molar-refractivity contribution in [1.82, 2.24) is 4.90 Å². The van der Waals surface area contributed by atoms with E-state index in [2.05, 4.69) is 62.9 Å². The largest absolute Gasteiger partial charge is 0.324 e. The molecule has 20 heavy (non-hydrogen) atoms. The van der Waals surface area contributed by atoms with E-state index in [4.69, 9.17) is 5.73 Å². The molecule has 2 rings (SSSR count). The van der Waals surface area contributed by atoms with Crippen LogP contribution in [0.2, 0.25) is 0 Å².